The molecule has 3 heterocycles. The monoisotopic (exact) mass is 489 g/mol. The van der Waals surface area contributed by atoms with Crippen molar-refractivity contribution in [3.05, 3.63) is 79.3 Å². The summed E-state index contributed by atoms with van der Waals surface area (Å²) < 4.78 is 37.6. The highest BCUT2D eigenvalue weighted by molar-refractivity contribution is 7.91. The van der Waals surface area contributed by atoms with Crippen molar-refractivity contribution in [3.63, 3.8) is 0 Å². The molecule has 9 nitrogen and oxygen atoms in total. The van der Waals surface area contributed by atoms with Crippen molar-refractivity contribution < 1.29 is 17.6 Å². The van der Waals surface area contributed by atoms with Crippen molar-refractivity contribution in [1.29, 1.82) is 0 Å². The van der Waals surface area contributed by atoms with Crippen LogP contribution >= 0.6 is 0 Å². The van der Waals surface area contributed by atoms with Crippen LogP contribution in [-0.4, -0.2) is 47.2 Å². The summed E-state index contributed by atoms with van der Waals surface area (Å²) in [6.07, 6.45) is 5.43. The van der Waals surface area contributed by atoms with Crippen molar-refractivity contribution in [2.24, 2.45) is 0 Å². The molecule has 5 aromatic rings. The van der Waals surface area contributed by atoms with Crippen molar-refractivity contribution >= 4 is 21.6 Å². The summed E-state index contributed by atoms with van der Waals surface area (Å²) in [5.74, 6) is 1.49. The summed E-state index contributed by atoms with van der Waals surface area (Å²) in [4.78, 5) is 13.9. The van der Waals surface area contributed by atoms with Gasteiger partial charge in [-0.25, -0.2) is 18.4 Å². The van der Waals surface area contributed by atoms with Gasteiger partial charge in [0.25, 0.3) is 0 Å². The predicted molar refractivity (Wildman–Crippen MR) is 132 cm³/mol. The highest BCUT2D eigenvalue weighted by Gasteiger charge is 2.19. The number of ether oxygens (including phenoxy) is 1. The Bertz CT molecular complexity index is 1540. The molecule has 10 heteroatoms. The first-order valence-corrected chi connectivity index (χ1v) is 12.7. The lowest BCUT2D eigenvalue weighted by atomic mass is 10.1. The van der Waals surface area contributed by atoms with Crippen LogP contribution in [0.5, 0.6) is 5.75 Å². The number of nitrogens with zero attached hydrogens (tertiary/aromatic N) is 4. The molecule has 0 radical (unpaired) electrons. The first-order chi connectivity index (χ1) is 17.0. The standard InChI is InChI=1S/C25H23N5O4S/c1-33-19-8-10-20(11-9-19)35(31,32)17-5-13-26-24-27-14-12-21(28-24)23-22(18-6-3-2-4-7-18)29-25-30(23)15-16-34-25/h2-4,6-12,14-16H,5,13,17H2,1H3,(H,26,27,28). The van der Waals surface area contributed by atoms with Crippen LogP contribution in [0.3, 0.4) is 0 Å². The van der Waals surface area contributed by atoms with Crippen LogP contribution in [0.25, 0.3) is 28.5 Å². The van der Waals surface area contributed by atoms with Crippen molar-refractivity contribution in [2.75, 3.05) is 24.7 Å². The molecule has 3 aromatic heterocycles. The van der Waals surface area contributed by atoms with E-state index in [1.165, 1.54) is 0 Å². The number of fused-ring (bicyclic) bond motifs is 1. The van der Waals surface area contributed by atoms with Gasteiger partial charge in [0.2, 0.25) is 5.95 Å². The van der Waals surface area contributed by atoms with E-state index in [0.29, 0.717) is 36.2 Å². The summed E-state index contributed by atoms with van der Waals surface area (Å²) in [7, 11) is -1.85. The van der Waals surface area contributed by atoms with Gasteiger partial charge in [-0.3, -0.25) is 4.40 Å². The first kappa shape index (κ1) is 22.6. The third-order valence-corrected chi connectivity index (χ3v) is 7.32. The molecule has 0 aliphatic heterocycles. The Labute approximate surface area is 202 Å². The maximum Gasteiger partial charge on any atom is 0.306 e. The summed E-state index contributed by atoms with van der Waals surface area (Å²) in [5, 5.41) is 3.13. The molecular weight excluding hydrogens is 466 g/mol. The maximum absolute atomic E-state index is 12.6. The van der Waals surface area contributed by atoms with Crippen LogP contribution in [-0.2, 0) is 9.84 Å². The molecule has 0 amide bonds. The van der Waals surface area contributed by atoms with E-state index < -0.39 is 9.84 Å². The Morgan fingerprint density at radius 3 is 2.60 bits per heavy atom. The molecular formula is C25H23N5O4S. The number of oxazole rings is 1. The SMILES string of the molecule is COc1ccc(S(=O)(=O)CCCNc2nccc(-c3c(-c4ccccc4)nc4occn34)n2)cc1. The van der Waals surface area contributed by atoms with E-state index in [2.05, 4.69) is 20.3 Å². The number of rotatable bonds is 9. The van der Waals surface area contributed by atoms with Gasteiger partial charge in [0.15, 0.2) is 9.84 Å². The van der Waals surface area contributed by atoms with E-state index in [-0.39, 0.29) is 10.6 Å². The lowest BCUT2D eigenvalue weighted by Crippen LogP contribution is -2.13. The molecule has 0 saturated heterocycles. The van der Waals surface area contributed by atoms with Gasteiger partial charge >= 0.3 is 5.84 Å². The second-order valence-corrected chi connectivity index (χ2v) is 9.88. The van der Waals surface area contributed by atoms with Crippen LogP contribution in [0.15, 0.2) is 88.6 Å². The number of methoxy groups -OCH3 is 1. The molecule has 0 fully saturated rings. The molecule has 0 spiro atoms. The smallest absolute Gasteiger partial charge is 0.306 e. The molecule has 35 heavy (non-hydrogen) atoms. The highest BCUT2D eigenvalue weighted by atomic mass is 32.2. The predicted octanol–water partition coefficient (Wildman–Crippen LogP) is 4.34. The fourth-order valence-electron chi connectivity index (χ4n) is 3.77. The zero-order valence-electron chi connectivity index (χ0n) is 19.0. The van der Waals surface area contributed by atoms with Gasteiger partial charge in [-0.2, -0.15) is 4.98 Å². The van der Waals surface area contributed by atoms with Crippen LogP contribution in [0, 0.1) is 0 Å². The second-order valence-electron chi connectivity index (χ2n) is 7.77. The summed E-state index contributed by atoms with van der Waals surface area (Å²) in [5.41, 5.74) is 3.15. The van der Waals surface area contributed by atoms with Crippen LogP contribution in [0.1, 0.15) is 6.42 Å². The number of hydrogen-bond acceptors (Lipinski definition) is 8. The van der Waals surface area contributed by atoms with Gasteiger partial charge in [-0.1, -0.05) is 30.3 Å². The molecule has 1 N–H and O–H groups in total. The number of hydrogen-bond donors (Lipinski definition) is 1. The molecule has 0 aliphatic carbocycles. The first-order valence-electron chi connectivity index (χ1n) is 11.0. The Kier molecular flexibility index (Phi) is 6.19. The van der Waals surface area contributed by atoms with Crippen molar-refractivity contribution in [3.8, 4) is 28.4 Å². The second kappa shape index (κ2) is 9.59. The number of aromatic nitrogens is 4. The summed E-state index contributed by atoms with van der Waals surface area (Å²) >= 11 is 0. The molecule has 5 rings (SSSR count). The normalized spacial score (nSPS) is 11.6. The average Bonchev–Trinajstić information content (AvgIpc) is 3.49. The number of sulfone groups is 1. The third-order valence-electron chi connectivity index (χ3n) is 5.50. The minimum atomic E-state index is -3.40. The topological polar surface area (TPSA) is 112 Å². The number of benzene rings is 2. The zero-order valence-corrected chi connectivity index (χ0v) is 19.8. The van der Waals surface area contributed by atoms with E-state index in [1.807, 2.05) is 40.8 Å². The van der Waals surface area contributed by atoms with Crippen LogP contribution in [0.4, 0.5) is 5.95 Å². The quantitative estimate of drug-likeness (QED) is 0.305. The van der Waals surface area contributed by atoms with Gasteiger partial charge in [0.1, 0.15) is 23.4 Å². The maximum atomic E-state index is 12.6. The number of nitrogens with one attached hydrogen (secondary N) is 1. The fraction of sp³-hybridized carbons (Fsp3) is 0.160. The highest BCUT2D eigenvalue weighted by Crippen LogP contribution is 2.32. The third kappa shape index (κ3) is 4.73. The van der Waals surface area contributed by atoms with Gasteiger partial charge < -0.3 is 14.5 Å². The molecule has 178 valence electrons. The molecule has 0 atom stereocenters. The van der Waals surface area contributed by atoms with Crippen molar-refractivity contribution in [1.82, 2.24) is 19.4 Å². The minimum Gasteiger partial charge on any atom is -0.497 e. The molecule has 0 bridgehead atoms. The largest absolute Gasteiger partial charge is 0.497 e. The number of imidazole rings is 1. The van der Waals surface area contributed by atoms with Crippen LogP contribution in [0.2, 0.25) is 0 Å². The Hall–Kier alpha value is -4.18. The average molecular weight is 490 g/mol. The van der Waals surface area contributed by atoms with E-state index >= 15 is 0 Å². The lowest BCUT2D eigenvalue weighted by Gasteiger charge is -2.09. The minimum absolute atomic E-state index is 0.00242. The number of anilines is 1. The molecule has 0 aliphatic rings. The Morgan fingerprint density at radius 1 is 1.03 bits per heavy atom. The molecule has 2 aromatic carbocycles. The Balaban J connectivity index is 1.31. The van der Waals surface area contributed by atoms with Gasteiger partial charge in [-0.15, -0.1) is 0 Å². The van der Waals surface area contributed by atoms with Gasteiger partial charge in [0.05, 0.1) is 23.5 Å². The van der Waals surface area contributed by atoms with E-state index in [4.69, 9.17) is 9.15 Å². The van der Waals surface area contributed by atoms with Gasteiger partial charge in [-0.05, 0) is 36.8 Å². The van der Waals surface area contributed by atoms with E-state index in [9.17, 15) is 8.42 Å². The summed E-state index contributed by atoms with van der Waals surface area (Å²) in [6, 6.07) is 18.0. The van der Waals surface area contributed by atoms with E-state index in [1.54, 1.807) is 50.0 Å². The van der Waals surface area contributed by atoms with E-state index in [0.717, 1.165) is 17.0 Å². The fourth-order valence-corrected chi connectivity index (χ4v) is 5.08. The molecule has 0 saturated carbocycles. The zero-order chi connectivity index (χ0) is 24.3. The Morgan fingerprint density at radius 2 is 1.83 bits per heavy atom. The van der Waals surface area contributed by atoms with Crippen LogP contribution < -0.4 is 10.1 Å². The molecule has 0 unspecified atom stereocenters. The lowest BCUT2D eigenvalue weighted by molar-refractivity contribution is 0.414. The van der Waals surface area contributed by atoms with Gasteiger partial charge in [0, 0.05) is 24.5 Å². The summed E-state index contributed by atoms with van der Waals surface area (Å²) in [6.45, 7) is 0.401. The van der Waals surface area contributed by atoms with Crippen molar-refractivity contribution in [2.45, 2.75) is 11.3 Å².